The van der Waals surface area contributed by atoms with E-state index in [-0.39, 0.29) is 5.56 Å². The Hall–Kier alpha value is -1.85. The highest BCUT2D eigenvalue weighted by atomic mass is 35.5. The molecule has 2 N–H and O–H groups in total. The molecule has 0 saturated carbocycles. The summed E-state index contributed by atoms with van der Waals surface area (Å²) < 4.78 is 0. The van der Waals surface area contributed by atoms with Crippen molar-refractivity contribution in [2.75, 3.05) is 18.0 Å². The largest absolute Gasteiger partial charge is 0.350 e. The predicted molar refractivity (Wildman–Crippen MR) is 93.1 cm³/mol. The van der Waals surface area contributed by atoms with Crippen LogP contribution < -0.4 is 15.8 Å². The Balaban J connectivity index is 1.63. The molecule has 0 unspecified atom stereocenters. The van der Waals surface area contributed by atoms with Gasteiger partial charge in [-0.2, -0.15) is 0 Å². The second-order valence-corrected chi connectivity index (χ2v) is 6.42. The fourth-order valence-electron chi connectivity index (χ4n) is 3.02. The number of hydrogen-bond donors (Lipinski definition) is 2. The van der Waals surface area contributed by atoms with E-state index in [1.807, 2.05) is 12.1 Å². The van der Waals surface area contributed by atoms with E-state index in [1.54, 1.807) is 12.4 Å². The first-order valence-electron chi connectivity index (χ1n) is 7.90. The van der Waals surface area contributed by atoms with Crippen molar-refractivity contribution >= 4 is 17.4 Å². The summed E-state index contributed by atoms with van der Waals surface area (Å²) in [5.41, 5.74) is 2.32. The van der Waals surface area contributed by atoms with Gasteiger partial charge in [0.25, 0.3) is 5.56 Å². The second kappa shape index (κ2) is 7.15. The number of aromatic amines is 1. The van der Waals surface area contributed by atoms with Gasteiger partial charge in [0.15, 0.2) is 5.82 Å². The zero-order valence-corrected chi connectivity index (χ0v) is 13.9. The molecular formula is C17H21ClN4O. The number of halogens is 1. The van der Waals surface area contributed by atoms with Crippen LogP contribution in [-0.2, 0) is 6.54 Å². The average molecular weight is 333 g/mol. The maximum Gasteiger partial charge on any atom is 0.290 e. The van der Waals surface area contributed by atoms with Gasteiger partial charge >= 0.3 is 0 Å². The lowest BCUT2D eigenvalue weighted by atomic mass is 10.0. The van der Waals surface area contributed by atoms with Crippen molar-refractivity contribution in [2.45, 2.75) is 32.4 Å². The van der Waals surface area contributed by atoms with Crippen molar-refractivity contribution in [3.8, 4) is 0 Å². The van der Waals surface area contributed by atoms with E-state index in [0.29, 0.717) is 11.9 Å². The summed E-state index contributed by atoms with van der Waals surface area (Å²) in [7, 11) is 0. The average Bonchev–Trinajstić information content (AvgIpc) is 2.55. The Kier molecular flexibility index (Phi) is 4.98. The molecule has 0 amide bonds. The molecule has 0 bridgehead atoms. The van der Waals surface area contributed by atoms with Crippen LogP contribution in [0.3, 0.4) is 0 Å². The quantitative estimate of drug-likeness (QED) is 0.903. The summed E-state index contributed by atoms with van der Waals surface area (Å²) in [6.07, 6.45) is 5.35. The highest BCUT2D eigenvalue weighted by molar-refractivity contribution is 6.30. The zero-order valence-electron chi connectivity index (χ0n) is 13.2. The predicted octanol–water partition coefficient (Wildman–Crippen LogP) is 2.49. The number of rotatable bonds is 4. The Morgan fingerprint density at radius 2 is 2.35 bits per heavy atom. The molecule has 0 aliphatic carbocycles. The molecule has 6 heteroatoms. The fourth-order valence-corrected chi connectivity index (χ4v) is 3.24. The van der Waals surface area contributed by atoms with Crippen molar-refractivity contribution < 1.29 is 0 Å². The molecule has 1 aliphatic rings. The van der Waals surface area contributed by atoms with Crippen molar-refractivity contribution in [3.05, 3.63) is 57.1 Å². The molecular weight excluding hydrogens is 312 g/mol. The maximum atomic E-state index is 11.9. The zero-order chi connectivity index (χ0) is 16.2. The van der Waals surface area contributed by atoms with Gasteiger partial charge in [-0.05, 0) is 43.0 Å². The summed E-state index contributed by atoms with van der Waals surface area (Å²) in [4.78, 5) is 20.9. The van der Waals surface area contributed by atoms with Crippen molar-refractivity contribution in [1.29, 1.82) is 0 Å². The van der Waals surface area contributed by atoms with Crippen molar-refractivity contribution in [3.63, 3.8) is 0 Å². The van der Waals surface area contributed by atoms with E-state index in [2.05, 4.69) is 33.2 Å². The second-order valence-electron chi connectivity index (χ2n) is 5.98. The van der Waals surface area contributed by atoms with Crippen LogP contribution in [0, 0.1) is 6.92 Å². The third-order valence-corrected chi connectivity index (χ3v) is 4.53. The first kappa shape index (κ1) is 16.0. The van der Waals surface area contributed by atoms with Crippen LogP contribution in [-0.4, -0.2) is 29.1 Å². The highest BCUT2D eigenvalue weighted by Gasteiger charge is 2.22. The lowest BCUT2D eigenvalue weighted by Gasteiger charge is -2.33. The molecule has 122 valence electrons. The molecule has 1 aromatic carbocycles. The van der Waals surface area contributed by atoms with Crippen molar-refractivity contribution in [1.82, 2.24) is 15.3 Å². The van der Waals surface area contributed by atoms with Crippen LogP contribution in [0.5, 0.6) is 0 Å². The van der Waals surface area contributed by atoms with Gasteiger partial charge in [0.2, 0.25) is 0 Å². The van der Waals surface area contributed by atoms with Crippen LogP contribution in [0.1, 0.15) is 24.0 Å². The minimum absolute atomic E-state index is 0.123. The third-order valence-electron chi connectivity index (χ3n) is 4.30. The Labute approximate surface area is 140 Å². The molecule has 23 heavy (non-hydrogen) atoms. The van der Waals surface area contributed by atoms with Crippen molar-refractivity contribution in [2.24, 2.45) is 0 Å². The smallest absolute Gasteiger partial charge is 0.290 e. The number of nitrogens with zero attached hydrogens (tertiary/aromatic N) is 2. The monoisotopic (exact) mass is 332 g/mol. The minimum atomic E-state index is -0.123. The third kappa shape index (κ3) is 3.92. The lowest BCUT2D eigenvalue weighted by molar-refractivity contribution is 0.419. The molecule has 1 saturated heterocycles. The molecule has 2 aromatic rings. The normalized spacial score (nSPS) is 18.2. The number of H-pyrrole nitrogens is 1. The molecule has 0 radical (unpaired) electrons. The van der Waals surface area contributed by atoms with Gasteiger partial charge in [0, 0.05) is 43.1 Å². The molecule has 3 rings (SSSR count). The fraction of sp³-hybridized carbons (Fsp3) is 0.412. The standard InChI is InChI=1S/C17H21ClN4O/c1-12-9-14(18)5-4-13(12)10-21-15-3-2-8-22(11-15)16-17(23)20-7-6-19-16/h4-7,9,15,21H,2-3,8,10-11H2,1H3,(H,20,23)/t15-/m1/s1. The van der Waals surface area contributed by atoms with Gasteiger partial charge in [-0.1, -0.05) is 17.7 Å². The number of aromatic nitrogens is 2. The van der Waals surface area contributed by atoms with Crippen LogP contribution in [0.2, 0.25) is 5.02 Å². The van der Waals surface area contributed by atoms with Gasteiger partial charge in [0.1, 0.15) is 0 Å². The van der Waals surface area contributed by atoms with Gasteiger partial charge in [-0.25, -0.2) is 4.98 Å². The van der Waals surface area contributed by atoms with E-state index >= 15 is 0 Å². The van der Waals surface area contributed by atoms with Gasteiger partial charge in [-0.15, -0.1) is 0 Å². The number of nitrogens with one attached hydrogen (secondary N) is 2. The number of hydrogen-bond acceptors (Lipinski definition) is 4. The molecule has 1 atom stereocenters. The molecule has 0 spiro atoms. The molecule has 1 fully saturated rings. The summed E-state index contributed by atoms with van der Waals surface area (Å²) >= 11 is 6.00. The Morgan fingerprint density at radius 1 is 1.48 bits per heavy atom. The Morgan fingerprint density at radius 3 is 3.13 bits per heavy atom. The SMILES string of the molecule is Cc1cc(Cl)ccc1CN[C@@H]1CCCN(c2ncc[nH]c2=O)C1. The summed E-state index contributed by atoms with van der Waals surface area (Å²) in [6.45, 7) is 4.55. The number of aryl methyl sites for hydroxylation is 1. The van der Waals surface area contributed by atoms with E-state index in [4.69, 9.17) is 11.6 Å². The van der Waals surface area contributed by atoms with Crippen LogP contribution in [0.25, 0.3) is 0 Å². The summed E-state index contributed by atoms with van der Waals surface area (Å²) in [6, 6.07) is 6.32. The molecule has 1 aliphatic heterocycles. The number of piperidine rings is 1. The number of benzene rings is 1. The molecule has 2 heterocycles. The van der Waals surface area contributed by atoms with Gasteiger partial charge in [0.05, 0.1) is 0 Å². The number of anilines is 1. The summed E-state index contributed by atoms with van der Waals surface area (Å²) in [5, 5.41) is 4.36. The van der Waals surface area contributed by atoms with Crippen LogP contribution in [0.15, 0.2) is 35.4 Å². The first-order valence-corrected chi connectivity index (χ1v) is 8.28. The molecule has 1 aromatic heterocycles. The van der Waals surface area contributed by atoms with Crippen LogP contribution >= 0.6 is 11.6 Å². The first-order chi connectivity index (χ1) is 11.1. The maximum absolute atomic E-state index is 11.9. The topological polar surface area (TPSA) is 61.0 Å². The van der Waals surface area contributed by atoms with Gasteiger partial charge in [-0.3, -0.25) is 4.79 Å². The minimum Gasteiger partial charge on any atom is -0.350 e. The molecule has 5 nitrogen and oxygen atoms in total. The van der Waals surface area contributed by atoms with Crippen LogP contribution in [0.4, 0.5) is 5.82 Å². The van der Waals surface area contributed by atoms with E-state index in [0.717, 1.165) is 37.5 Å². The Bertz CT molecular complexity index is 731. The lowest BCUT2D eigenvalue weighted by Crippen LogP contribution is -2.47. The van der Waals surface area contributed by atoms with Gasteiger partial charge < -0.3 is 15.2 Å². The summed E-state index contributed by atoms with van der Waals surface area (Å²) in [5.74, 6) is 0.515. The van der Waals surface area contributed by atoms with E-state index in [9.17, 15) is 4.79 Å². The van der Waals surface area contributed by atoms with E-state index < -0.39 is 0 Å². The highest BCUT2D eigenvalue weighted by Crippen LogP contribution is 2.17. The van der Waals surface area contributed by atoms with E-state index in [1.165, 1.54) is 11.1 Å².